The quantitative estimate of drug-likeness (QED) is 0.176. The van der Waals surface area contributed by atoms with Gasteiger partial charge in [0, 0.05) is 0 Å². The Labute approximate surface area is 179 Å². The summed E-state index contributed by atoms with van der Waals surface area (Å²) in [7, 11) is 0. The van der Waals surface area contributed by atoms with Gasteiger partial charge in [0.1, 0.15) is 37.6 Å². The zero-order valence-corrected chi connectivity index (χ0v) is 16.0. The van der Waals surface area contributed by atoms with Gasteiger partial charge in [0.05, 0.1) is 13.2 Å². The van der Waals surface area contributed by atoms with Crippen molar-refractivity contribution in [3.63, 3.8) is 0 Å². The fraction of sp³-hybridized carbons (Fsp3) is 1.00. The van der Waals surface area contributed by atoms with Gasteiger partial charge in [0.15, 0.2) is 12.2 Å². The highest BCUT2D eigenvalue weighted by Gasteiger charge is 2.70. The van der Waals surface area contributed by atoms with Gasteiger partial charge in [-0.05, 0) is 0 Å². The zero-order chi connectivity index (χ0) is 24.0. The number of ether oxygens (including phenoxy) is 5. The van der Waals surface area contributed by atoms with E-state index < -0.39 is 95.0 Å². The minimum Gasteiger partial charge on any atom is -0.368 e. The first-order chi connectivity index (χ1) is 15.5. The summed E-state index contributed by atoms with van der Waals surface area (Å²) >= 11 is 0. The lowest BCUT2D eigenvalue weighted by Crippen LogP contribution is -2.61. The predicted molar refractivity (Wildman–Crippen MR) is 85.4 cm³/mol. The molecule has 0 aromatic rings. The van der Waals surface area contributed by atoms with Crippen LogP contribution in [0.5, 0.6) is 0 Å². The lowest BCUT2D eigenvalue weighted by Gasteiger charge is -2.39. The van der Waals surface area contributed by atoms with E-state index in [4.69, 9.17) is 23.7 Å². The largest absolute Gasteiger partial charge is 0.368 e. The molecule has 0 amide bonds. The second-order valence-corrected chi connectivity index (χ2v) is 7.15. The first-order valence-electron chi connectivity index (χ1n) is 9.01. The van der Waals surface area contributed by atoms with Crippen LogP contribution >= 0.6 is 0 Å². The molecule has 0 saturated carbocycles. The average Bonchev–Trinajstić information content (AvgIpc) is 3.41. The molecule has 4 saturated heterocycles. The number of rotatable bonds is 10. The van der Waals surface area contributed by atoms with Crippen LogP contribution in [0.4, 0.5) is 0 Å². The van der Waals surface area contributed by atoms with E-state index in [1.165, 1.54) is 0 Å². The Morgan fingerprint density at radius 2 is 1.03 bits per heavy atom. The van der Waals surface area contributed by atoms with Crippen molar-refractivity contribution < 1.29 is 63.4 Å². The SMILES string of the molecule is O=[N+]([O-])O[C@@H]1CO[C@H]2[C@@H]1OC[C@]2(O[N+](=O)[O-])O[C@@]1(O[N+](=O)[O-])CO[C@@H]2[C@H](O[N+](=O)[O-])CO[C@@H]21. The number of fused-ring (bicyclic) bond motifs is 2. The molecule has 0 aromatic carbocycles. The number of nitrogens with zero attached hydrogens (tertiary/aromatic N) is 4. The minimum absolute atomic E-state index is 0.455. The summed E-state index contributed by atoms with van der Waals surface area (Å²) in [5.74, 6) is -5.08. The smallest absolute Gasteiger partial charge is 0.297 e. The summed E-state index contributed by atoms with van der Waals surface area (Å²) in [4.78, 5) is 62.0. The molecule has 0 unspecified atom stereocenters. The molecule has 0 aromatic heterocycles. The van der Waals surface area contributed by atoms with Crippen LogP contribution in [0.3, 0.4) is 0 Å². The van der Waals surface area contributed by atoms with E-state index in [1.807, 2.05) is 0 Å². The number of hydrogen-bond donors (Lipinski definition) is 0. The Morgan fingerprint density at radius 1 is 0.636 bits per heavy atom. The van der Waals surface area contributed by atoms with Gasteiger partial charge in [-0.15, -0.1) is 40.5 Å². The molecular weight excluding hydrogens is 472 g/mol. The van der Waals surface area contributed by atoms with Crippen molar-refractivity contribution in [2.45, 2.75) is 48.2 Å². The van der Waals surface area contributed by atoms with Crippen molar-refractivity contribution in [2.24, 2.45) is 0 Å². The third-order valence-corrected chi connectivity index (χ3v) is 5.28. The maximum absolute atomic E-state index is 11.2. The second-order valence-electron chi connectivity index (χ2n) is 7.15. The van der Waals surface area contributed by atoms with Crippen LogP contribution in [-0.4, -0.2) is 95.0 Å². The molecule has 21 heteroatoms. The molecule has 0 aliphatic carbocycles. The maximum atomic E-state index is 11.2. The van der Waals surface area contributed by atoms with Gasteiger partial charge in [-0.3, -0.25) is 9.68 Å². The molecule has 0 radical (unpaired) electrons. The summed E-state index contributed by atoms with van der Waals surface area (Å²) in [6.45, 7) is -2.50. The van der Waals surface area contributed by atoms with E-state index in [0.717, 1.165) is 0 Å². The van der Waals surface area contributed by atoms with Crippen molar-refractivity contribution in [3.8, 4) is 0 Å². The van der Waals surface area contributed by atoms with Crippen LogP contribution in [0.2, 0.25) is 0 Å². The fourth-order valence-corrected chi connectivity index (χ4v) is 4.21. The lowest BCUT2D eigenvalue weighted by molar-refractivity contribution is -0.827. The minimum atomic E-state index is -2.54. The van der Waals surface area contributed by atoms with Crippen molar-refractivity contribution in [1.82, 2.24) is 0 Å². The summed E-state index contributed by atoms with van der Waals surface area (Å²) in [6.07, 6.45) is -8.29. The number of hydrogen-bond acceptors (Lipinski definition) is 17. The highest BCUT2D eigenvalue weighted by Crippen LogP contribution is 2.46. The van der Waals surface area contributed by atoms with Crippen LogP contribution in [0.1, 0.15) is 0 Å². The predicted octanol–water partition coefficient (Wildman–Crippen LogP) is -2.44. The highest BCUT2D eigenvalue weighted by atomic mass is 17.0. The first kappa shape index (κ1) is 22.8. The zero-order valence-electron chi connectivity index (χ0n) is 16.0. The van der Waals surface area contributed by atoms with Crippen LogP contribution in [0.15, 0.2) is 0 Å². The Bertz CT molecular complexity index is 777. The van der Waals surface area contributed by atoms with E-state index in [-0.39, 0.29) is 0 Å². The first-order valence-corrected chi connectivity index (χ1v) is 9.01. The summed E-state index contributed by atoms with van der Waals surface area (Å²) in [5.41, 5.74) is 0. The molecule has 0 spiro atoms. The molecule has 4 aliphatic heterocycles. The van der Waals surface area contributed by atoms with Crippen LogP contribution in [0, 0.1) is 40.5 Å². The topological polar surface area (TPSA) is 256 Å². The van der Waals surface area contributed by atoms with Crippen molar-refractivity contribution in [1.29, 1.82) is 0 Å². The second kappa shape index (κ2) is 8.18. The van der Waals surface area contributed by atoms with Gasteiger partial charge in [0.2, 0.25) is 0 Å². The van der Waals surface area contributed by atoms with E-state index in [2.05, 4.69) is 19.4 Å². The molecule has 0 N–H and O–H groups in total. The van der Waals surface area contributed by atoms with Crippen molar-refractivity contribution in [2.75, 3.05) is 26.4 Å². The van der Waals surface area contributed by atoms with Gasteiger partial charge in [-0.25, -0.2) is 0 Å². The van der Waals surface area contributed by atoms with Gasteiger partial charge in [-0.1, -0.05) is 0 Å². The molecular formula is C12H14N4O17. The molecule has 4 heterocycles. The Balaban J connectivity index is 1.63. The average molecular weight is 486 g/mol. The molecule has 4 aliphatic rings. The highest BCUT2D eigenvalue weighted by molar-refractivity contribution is 5.06. The van der Waals surface area contributed by atoms with E-state index in [0.29, 0.717) is 0 Å². The molecule has 33 heavy (non-hydrogen) atoms. The Kier molecular flexibility index (Phi) is 5.65. The van der Waals surface area contributed by atoms with E-state index >= 15 is 0 Å². The molecule has 4 rings (SSSR count). The fourth-order valence-electron chi connectivity index (χ4n) is 4.21. The van der Waals surface area contributed by atoms with Gasteiger partial charge in [0.25, 0.3) is 31.9 Å². The van der Waals surface area contributed by atoms with Crippen LogP contribution in [0.25, 0.3) is 0 Å². The van der Waals surface area contributed by atoms with E-state index in [9.17, 15) is 40.5 Å². The molecule has 21 nitrogen and oxygen atoms in total. The monoisotopic (exact) mass is 486 g/mol. The Morgan fingerprint density at radius 3 is 1.36 bits per heavy atom. The third-order valence-electron chi connectivity index (χ3n) is 5.28. The molecule has 184 valence electrons. The summed E-state index contributed by atoms with van der Waals surface area (Å²) in [6, 6.07) is 0. The van der Waals surface area contributed by atoms with Gasteiger partial charge < -0.3 is 33.4 Å². The van der Waals surface area contributed by atoms with Crippen LogP contribution in [-0.2, 0) is 43.0 Å². The van der Waals surface area contributed by atoms with Gasteiger partial charge in [-0.2, -0.15) is 0 Å². The van der Waals surface area contributed by atoms with Crippen LogP contribution < -0.4 is 0 Å². The molecule has 0 bridgehead atoms. The van der Waals surface area contributed by atoms with E-state index in [1.54, 1.807) is 0 Å². The molecule has 8 atom stereocenters. The standard InChI is InChI=1S/C12H14N4O17/c17-13(18)29-5-1-25-9-7(5)27-3-11(9,32-15(21)22)31-12(33-16(23)24)4-28-8-6(30-14(19)20)2-26-10(8)12/h5-10H,1-4H2/t5-,6-,7-,8-,9+,10+,11-,12-/m1/s1. The molecule has 4 fully saturated rings. The van der Waals surface area contributed by atoms with Gasteiger partial charge >= 0.3 is 0 Å². The maximum Gasteiger partial charge on any atom is 0.297 e. The van der Waals surface area contributed by atoms with Crippen molar-refractivity contribution in [3.05, 3.63) is 40.5 Å². The summed E-state index contributed by atoms with van der Waals surface area (Å²) < 4.78 is 26.9. The Hall–Kier alpha value is -3.40. The third kappa shape index (κ3) is 4.06. The normalized spacial score (nSPS) is 41.1. The summed E-state index contributed by atoms with van der Waals surface area (Å²) in [5, 5.41) is 39.0. The lowest BCUT2D eigenvalue weighted by atomic mass is 10.0. The van der Waals surface area contributed by atoms with Crippen molar-refractivity contribution >= 4 is 0 Å².